The molecule has 0 heterocycles. The molecule has 1 aromatic rings. The second kappa shape index (κ2) is 2.42. The van der Waals surface area contributed by atoms with Gasteiger partial charge in [-0.3, -0.25) is 0 Å². The van der Waals surface area contributed by atoms with Crippen molar-refractivity contribution in [3.05, 3.63) is 36.8 Å². The number of hydrogen-bond donors (Lipinski definition) is 0. The summed E-state index contributed by atoms with van der Waals surface area (Å²) < 4.78 is 60.8. The van der Waals surface area contributed by atoms with Crippen LogP contribution in [-0.2, 0) is 6.42 Å². The van der Waals surface area contributed by atoms with Crippen molar-refractivity contribution < 1.29 is 19.4 Å². The van der Waals surface area contributed by atoms with Crippen molar-refractivity contribution in [3.8, 4) is 0 Å². The van der Waals surface area contributed by atoms with E-state index in [0.717, 1.165) is 12.1 Å². The zero-order chi connectivity index (χ0) is 11.1. The van der Waals surface area contributed by atoms with Gasteiger partial charge in [-0.05, 0) is 31.0 Å². The summed E-state index contributed by atoms with van der Waals surface area (Å²) >= 11 is 0. The molecule has 0 aliphatic carbocycles. The summed E-state index contributed by atoms with van der Waals surface area (Å²) in [5.41, 5.74) is 0.482. The lowest BCUT2D eigenvalue weighted by Crippen LogP contribution is -2.05. The van der Waals surface area contributed by atoms with Crippen LogP contribution in [0, 0.1) is 6.92 Å². The average molecular weight is 231 g/mol. The van der Waals surface area contributed by atoms with Gasteiger partial charge in [0.25, 0.3) is 0 Å². The Kier molecular flexibility index (Phi) is 1.95. The molecule has 0 aliphatic heterocycles. The van der Waals surface area contributed by atoms with Crippen LogP contribution in [0.2, 0.25) is 0 Å². The van der Waals surface area contributed by atoms with E-state index < -0.39 is 15.1 Å². The van der Waals surface area contributed by atoms with E-state index in [2.05, 4.69) is 6.92 Å². The van der Waals surface area contributed by atoms with Crippen molar-refractivity contribution in [3.63, 3.8) is 0 Å². The van der Waals surface area contributed by atoms with E-state index in [1.165, 1.54) is 0 Å². The van der Waals surface area contributed by atoms with Gasteiger partial charge in [0, 0.05) is 0 Å². The molecule has 0 spiro atoms. The highest BCUT2D eigenvalue weighted by Gasteiger charge is 2.65. The molecule has 0 N–H and O–H groups in total. The Balaban J connectivity index is 3.24. The van der Waals surface area contributed by atoms with Crippen LogP contribution < -0.4 is 0 Å². The molecule has 0 amide bonds. The first kappa shape index (κ1) is 11.3. The minimum atomic E-state index is -9.49. The van der Waals surface area contributed by atoms with Crippen LogP contribution in [0.1, 0.15) is 5.56 Å². The highest BCUT2D eigenvalue weighted by atomic mass is 32.5. The fraction of sp³-hybridized carbons (Fsp3) is 0.125. The maximum atomic E-state index is 12.2. The van der Waals surface area contributed by atoms with Crippen LogP contribution in [-0.4, -0.2) is 0 Å². The van der Waals surface area contributed by atoms with Crippen molar-refractivity contribution in [1.82, 2.24) is 0 Å². The van der Waals surface area contributed by atoms with Gasteiger partial charge in [-0.15, -0.1) is 0 Å². The standard InChI is InChI=1S/C8H8F5S/c1-2-7-3-5-8(6-4-7)14(9,10,11,12)13/h3-6H,1-2H2. The third kappa shape index (κ3) is 2.60. The first-order chi connectivity index (χ1) is 6.03. The smallest absolute Gasteiger partial charge is 0.0936 e. The normalized spacial score (nSPS) is 17.3. The summed E-state index contributed by atoms with van der Waals surface area (Å²) in [7, 11) is -9.49. The van der Waals surface area contributed by atoms with Gasteiger partial charge in [0.2, 0.25) is 0 Å². The molecular formula is C8H8F5S. The summed E-state index contributed by atoms with van der Waals surface area (Å²) in [6.07, 6.45) is 0.264. The van der Waals surface area contributed by atoms with E-state index >= 15 is 0 Å². The topological polar surface area (TPSA) is 0 Å². The predicted octanol–water partition coefficient (Wildman–Crippen LogP) is 4.72. The lowest BCUT2D eigenvalue weighted by molar-refractivity contribution is 0.364. The number of benzene rings is 1. The highest BCUT2D eigenvalue weighted by Crippen LogP contribution is 3.02. The maximum absolute atomic E-state index is 12.2. The van der Waals surface area contributed by atoms with Crippen molar-refractivity contribution in [2.75, 3.05) is 0 Å². The molecule has 0 saturated heterocycles. The van der Waals surface area contributed by atoms with Crippen LogP contribution in [0.3, 0.4) is 0 Å². The second-order valence-electron chi connectivity index (χ2n) is 2.86. The van der Waals surface area contributed by atoms with Crippen molar-refractivity contribution in [2.24, 2.45) is 0 Å². The summed E-state index contributed by atoms with van der Waals surface area (Å²) in [5.74, 6) is 0. The minimum absolute atomic E-state index is 0.264. The number of halogens is 5. The largest absolute Gasteiger partial charge is 0.310 e. The zero-order valence-electron chi connectivity index (χ0n) is 7.02. The Labute approximate surface area is 78.5 Å². The minimum Gasteiger partial charge on any atom is -0.0936 e. The molecule has 0 unspecified atom stereocenters. The molecule has 0 fully saturated rings. The molecule has 0 saturated carbocycles. The molecule has 1 rings (SSSR count). The first-order valence-corrected chi connectivity index (χ1v) is 5.60. The van der Waals surface area contributed by atoms with E-state index in [-0.39, 0.29) is 6.42 Å². The Morgan fingerprint density at radius 2 is 1.36 bits per heavy atom. The molecule has 0 nitrogen and oxygen atoms in total. The summed E-state index contributed by atoms with van der Waals surface area (Å²) in [6, 6.07) is 2.78. The number of hydrogen-bond acceptors (Lipinski definition) is 0. The Bertz CT molecular complexity index is 335. The van der Waals surface area contributed by atoms with Crippen LogP contribution in [0.25, 0.3) is 0 Å². The molecule has 0 atom stereocenters. The van der Waals surface area contributed by atoms with Gasteiger partial charge in [0.05, 0.1) is 0 Å². The van der Waals surface area contributed by atoms with E-state index in [1.54, 1.807) is 0 Å². The Hall–Kier alpha value is -0.780. The average Bonchev–Trinajstić information content (AvgIpc) is 2.01. The van der Waals surface area contributed by atoms with E-state index in [1.807, 2.05) is 0 Å². The van der Waals surface area contributed by atoms with Crippen LogP contribution in [0.4, 0.5) is 19.4 Å². The first-order valence-electron chi connectivity index (χ1n) is 3.65. The molecule has 6 heteroatoms. The SMILES string of the molecule is [CH2]Cc1ccc(S(F)(F)(F)(F)F)cc1. The molecule has 14 heavy (non-hydrogen) atoms. The van der Waals surface area contributed by atoms with Crippen molar-refractivity contribution in [2.45, 2.75) is 11.3 Å². The molecule has 0 aromatic heterocycles. The van der Waals surface area contributed by atoms with Gasteiger partial charge in [0.15, 0.2) is 0 Å². The molecule has 81 valence electrons. The summed E-state index contributed by atoms with van der Waals surface area (Å²) in [4.78, 5) is -1.86. The highest BCUT2D eigenvalue weighted by molar-refractivity contribution is 8.45. The maximum Gasteiger partial charge on any atom is 0.310 e. The molecule has 1 radical (unpaired) electrons. The van der Waals surface area contributed by atoms with Gasteiger partial charge in [-0.2, -0.15) is 0 Å². The molecular weight excluding hydrogens is 223 g/mol. The van der Waals surface area contributed by atoms with Gasteiger partial charge >= 0.3 is 10.2 Å². The fourth-order valence-electron chi connectivity index (χ4n) is 0.913. The van der Waals surface area contributed by atoms with Crippen molar-refractivity contribution >= 4 is 10.2 Å². The quantitative estimate of drug-likeness (QED) is 0.646. The third-order valence-corrected chi connectivity index (χ3v) is 2.82. The van der Waals surface area contributed by atoms with Crippen LogP contribution >= 0.6 is 10.2 Å². The lowest BCUT2D eigenvalue weighted by atomic mass is 10.2. The van der Waals surface area contributed by atoms with Gasteiger partial charge in [-0.25, -0.2) is 0 Å². The number of rotatable bonds is 2. The molecule has 1 aromatic carbocycles. The second-order valence-corrected chi connectivity index (χ2v) is 5.27. The molecule has 0 bridgehead atoms. The summed E-state index contributed by atoms with van der Waals surface area (Å²) in [6.45, 7) is 3.42. The zero-order valence-corrected chi connectivity index (χ0v) is 7.84. The van der Waals surface area contributed by atoms with E-state index in [4.69, 9.17) is 0 Å². The Morgan fingerprint density at radius 1 is 0.929 bits per heavy atom. The predicted molar refractivity (Wildman–Crippen MR) is 46.9 cm³/mol. The monoisotopic (exact) mass is 231 g/mol. The summed E-state index contributed by atoms with van der Waals surface area (Å²) in [5, 5.41) is 0. The van der Waals surface area contributed by atoms with Gasteiger partial charge in [0.1, 0.15) is 4.90 Å². The molecule has 0 aliphatic rings. The fourth-order valence-corrected chi connectivity index (χ4v) is 1.56. The Morgan fingerprint density at radius 3 is 1.64 bits per heavy atom. The van der Waals surface area contributed by atoms with E-state index in [0.29, 0.717) is 17.7 Å². The van der Waals surface area contributed by atoms with Crippen molar-refractivity contribution in [1.29, 1.82) is 0 Å². The van der Waals surface area contributed by atoms with E-state index in [9.17, 15) is 19.4 Å². The van der Waals surface area contributed by atoms with Gasteiger partial charge < -0.3 is 0 Å². The van der Waals surface area contributed by atoms with Gasteiger partial charge in [-0.1, -0.05) is 31.6 Å². The van der Waals surface area contributed by atoms with Crippen LogP contribution in [0.5, 0.6) is 0 Å². The van der Waals surface area contributed by atoms with Crippen LogP contribution in [0.15, 0.2) is 29.2 Å². The lowest BCUT2D eigenvalue weighted by Gasteiger charge is -2.40. The third-order valence-electron chi connectivity index (χ3n) is 1.66.